The predicted molar refractivity (Wildman–Crippen MR) is 422 cm³/mol. The number of aryl methyl sites for hydroxylation is 5. The van der Waals surface area contributed by atoms with E-state index in [1.54, 1.807) is 24.2 Å². The predicted octanol–water partition coefficient (Wildman–Crippen LogP) is 16.2. The van der Waals surface area contributed by atoms with Crippen LogP contribution in [0.1, 0.15) is 206 Å². The van der Waals surface area contributed by atoms with Crippen LogP contribution in [-0.4, -0.2) is 99.2 Å². The third kappa shape index (κ3) is 28.7. The molecule has 10 nitrogen and oxygen atoms in total. The van der Waals surface area contributed by atoms with Gasteiger partial charge in [-0.1, -0.05) is 190 Å². The Hall–Kier alpha value is -4.24. The second kappa shape index (κ2) is 43.1. The average Bonchev–Trinajstić information content (AvgIpc) is 1.64. The molecule has 0 bridgehead atoms. The fourth-order valence-corrected chi connectivity index (χ4v) is 11.7. The summed E-state index contributed by atoms with van der Waals surface area (Å²) in [6, 6.07) is 35.3. The van der Waals surface area contributed by atoms with Crippen LogP contribution in [-0.2, 0) is 65.7 Å². The number of ether oxygens (including phenoxy) is 2. The number of nitrogens with zero attached hydrogens (tertiary/aromatic N) is 1. The van der Waals surface area contributed by atoms with Crippen molar-refractivity contribution >= 4 is 122 Å². The number of benzene rings is 6. The van der Waals surface area contributed by atoms with Gasteiger partial charge in [-0.05, 0) is 239 Å². The molecule has 1 spiro atoms. The molecule has 22 heteroatoms. The molecule has 3 fully saturated rings. The van der Waals surface area contributed by atoms with Crippen LogP contribution in [0.2, 0.25) is 25.1 Å². The Kier molecular flexibility index (Phi) is 38.9. The van der Waals surface area contributed by atoms with E-state index in [0.29, 0.717) is 38.2 Å². The number of aldehydes is 2. The number of carbonyl (C=O) groups is 3. The minimum Gasteiger partial charge on any atom is -1.00 e. The quantitative estimate of drug-likeness (QED) is 0.0379. The number of hydrogen-bond acceptors (Lipinski definition) is 10. The summed E-state index contributed by atoms with van der Waals surface area (Å²) in [7, 11) is -3.02. The van der Waals surface area contributed by atoms with Crippen molar-refractivity contribution in [1.82, 2.24) is 4.90 Å². The number of fused-ring (bicyclic) bond motifs is 2. The molecule has 550 valence electrons. The molecule has 0 unspecified atom stereocenters. The van der Waals surface area contributed by atoms with Crippen LogP contribution in [0.5, 0.6) is 5.75 Å². The standard InChI is InChI=1S/C29H36ClNO3.C16H22BClO2.C10H10BClF2.2C9H9ClO.C8H15BO2.FH.K/c1-5-21-8-11-25(30)23(18-21)9-6-22-7-10-24-26(19-22)33-20-29(24)13-16-31(17-14-29)15-12-27(32)34-28(2,3)4;1-6-12-7-8-14(18)13(11-12)9-10-17-19-15(2,3)16(4,5)20-17;1-2-8-3-4-10(12)9(7-8)5-6-11(13)14;2*1-2-7-3-4-9(10)8(5-7)6-11;1-6-9-10-7(2,3)8(4,5)11-9;;/h6-11,18-19H,5,12-17,20H2,1-4H3;7-11H,6H2,1-5H3;3-7H,2H2,1H3;2*3-6H,2H2,1H3;6H,1H2,2-5H3;1H;/q;;;;;;;+1/p-1/b9-6+;10-9+;6-5+;;;;;. The molecule has 4 heterocycles. The molecule has 103 heavy (non-hydrogen) atoms. The van der Waals surface area contributed by atoms with Crippen LogP contribution in [0.4, 0.5) is 8.63 Å². The molecule has 6 aromatic rings. The molecular weight excluding hydrogens is 1440 g/mol. The number of hydrogen-bond donors (Lipinski definition) is 0. The van der Waals surface area contributed by atoms with Crippen molar-refractivity contribution in [3.63, 3.8) is 0 Å². The number of likely N-dealkylation sites (tertiary alicyclic amines) is 1. The number of carbonyl (C=O) groups excluding carboxylic acids is 3. The summed E-state index contributed by atoms with van der Waals surface area (Å²) < 4.78 is 58.4. The zero-order chi connectivity index (χ0) is 75.1. The van der Waals surface area contributed by atoms with Gasteiger partial charge < -0.3 is 37.7 Å². The molecule has 4 aliphatic rings. The van der Waals surface area contributed by atoms with E-state index in [2.05, 4.69) is 79.9 Å². The molecule has 0 saturated carbocycles. The number of halogens is 8. The minimum absolute atomic E-state index is 0. The molecule has 4 aliphatic heterocycles. The van der Waals surface area contributed by atoms with Crippen LogP contribution in [0.3, 0.4) is 0 Å². The fourth-order valence-electron chi connectivity index (χ4n) is 10.9. The summed E-state index contributed by atoms with van der Waals surface area (Å²) in [4.78, 5) is 35.3. The molecule has 0 atom stereocenters. The SMILES string of the molecule is C=CB1OC(C)(C)C(C)(C)O1.CCc1ccc(Cl)c(/C=C/B(F)F)c1.CCc1ccc(Cl)c(/C=C/B2OC(C)(C)C(C)(C)O2)c1.CCc1ccc(Cl)c(/C=C/c2ccc3c(c2)OCC32CCN(CCC(=O)OC(C)(C)C)CC2)c1.CCc1ccc(Cl)c(C=O)c1.CCc1ccc(Cl)c(C=O)c1.[F-].[K+]. The van der Waals surface area contributed by atoms with E-state index in [4.69, 9.17) is 86.1 Å². The molecular formula is C81H101B3Cl5F3KNO9. The maximum atomic E-state index is 12.1. The maximum absolute atomic E-state index is 12.1. The van der Waals surface area contributed by atoms with E-state index in [1.807, 2.05) is 158 Å². The molecule has 0 aliphatic carbocycles. The zero-order valence-electron chi connectivity index (χ0n) is 63.2. The van der Waals surface area contributed by atoms with Gasteiger partial charge in [-0.15, -0.1) is 6.58 Å². The Bertz CT molecular complexity index is 3750. The molecule has 0 N–H and O–H groups in total. The Morgan fingerprint density at radius 1 is 0.553 bits per heavy atom. The summed E-state index contributed by atoms with van der Waals surface area (Å²) in [5.74, 6) is 5.32. The summed E-state index contributed by atoms with van der Waals surface area (Å²) in [6.07, 6.45) is 16.3. The Labute approximate surface area is 681 Å². The summed E-state index contributed by atoms with van der Waals surface area (Å²) in [5.41, 5.74) is 10.8. The van der Waals surface area contributed by atoms with Crippen LogP contribution in [0.25, 0.3) is 24.3 Å². The van der Waals surface area contributed by atoms with Crippen LogP contribution in [0, 0.1) is 0 Å². The fraction of sp³-hybridized carbons (Fsp3) is 0.420. The minimum atomic E-state index is -2.43. The van der Waals surface area contributed by atoms with Gasteiger partial charge in [0.05, 0.1) is 45.5 Å². The van der Waals surface area contributed by atoms with E-state index < -0.39 is 12.9 Å². The zero-order valence-corrected chi connectivity index (χ0v) is 70.1. The molecule has 0 radical (unpaired) electrons. The van der Waals surface area contributed by atoms with Crippen LogP contribution < -0.4 is 60.8 Å². The van der Waals surface area contributed by atoms with Gasteiger partial charge in [0.25, 0.3) is 0 Å². The average molecular weight is 1540 g/mol. The second-order valence-electron chi connectivity index (χ2n) is 28.2. The maximum Gasteiger partial charge on any atom is 1.00 e. The topological polar surface area (TPSA) is 110 Å². The van der Waals surface area contributed by atoms with Crippen molar-refractivity contribution in [2.75, 3.05) is 26.2 Å². The molecule has 0 amide bonds. The van der Waals surface area contributed by atoms with Gasteiger partial charge in [0.1, 0.15) is 11.4 Å². The van der Waals surface area contributed by atoms with Crippen molar-refractivity contribution < 1.29 is 107 Å². The first-order chi connectivity index (χ1) is 47.5. The summed E-state index contributed by atoms with van der Waals surface area (Å²) in [5, 5.41) is 3.06. The van der Waals surface area contributed by atoms with Gasteiger partial charge in [0.15, 0.2) is 12.6 Å². The third-order valence-electron chi connectivity index (χ3n) is 18.6. The van der Waals surface area contributed by atoms with E-state index >= 15 is 0 Å². The Balaban J connectivity index is 0.000000343. The normalized spacial score (nSPS) is 16.3. The van der Waals surface area contributed by atoms with E-state index in [-0.39, 0.29) is 104 Å². The van der Waals surface area contributed by atoms with Crippen molar-refractivity contribution in [1.29, 1.82) is 0 Å². The molecule has 0 aromatic heterocycles. The van der Waals surface area contributed by atoms with Gasteiger partial charge in [-0.2, -0.15) is 0 Å². The monoisotopic (exact) mass is 1540 g/mol. The second-order valence-corrected chi connectivity index (χ2v) is 30.2. The summed E-state index contributed by atoms with van der Waals surface area (Å²) in [6.45, 7) is 39.4. The van der Waals surface area contributed by atoms with Gasteiger partial charge in [0.2, 0.25) is 0 Å². The first-order valence-corrected chi connectivity index (χ1v) is 36.6. The first kappa shape index (κ1) is 93.0. The van der Waals surface area contributed by atoms with Gasteiger partial charge in [-0.3, -0.25) is 23.0 Å². The number of piperidine rings is 1. The van der Waals surface area contributed by atoms with Crippen molar-refractivity contribution in [2.24, 2.45) is 0 Å². The molecule has 3 saturated heterocycles. The smallest absolute Gasteiger partial charge is 1.00 e. The van der Waals surface area contributed by atoms with Crippen LogP contribution in [0.15, 0.2) is 134 Å². The van der Waals surface area contributed by atoms with Crippen molar-refractivity contribution in [3.05, 3.63) is 226 Å². The van der Waals surface area contributed by atoms with Gasteiger partial charge in [0, 0.05) is 43.7 Å². The van der Waals surface area contributed by atoms with Crippen molar-refractivity contribution in [2.45, 2.75) is 196 Å². The van der Waals surface area contributed by atoms with E-state index in [0.717, 1.165) is 139 Å². The largest absolute Gasteiger partial charge is 1.00 e. The van der Waals surface area contributed by atoms with Crippen LogP contribution >= 0.6 is 58.0 Å². The number of esters is 1. The van der Waals surface area contributed by atoms with Gasteiger partial charge in [-0.25, -0.2) is 0 Å². The van der Waals surface area contributed by atoms with Crippen molar-refractivity contribution in [3.8, 4) is 5.75 Å². The van der Waals surface area contributed by atoms with E-state index in [1.165, 1.54) is 22.8 Å². The Morgan fingerprint density at radius 2 is 0.922 bits per heavy atom. The first-order valence-electron chi connectivity index (χ1n) is 34.7. The molecule has 6 aromatic carbocycles. The van der Waals surface area contributed by atoms with E-state index in [9.17, 15) is 23.0 Å². The molecule has 10 rings (SSSR count). The Morgan fingerprint density at radius 3 is 1.28 bits per heavy atom. The summed E-state index contributed by atoms with van der Waals surface area (Å²) >= 11 is 29.9. The number of rotatable bonds is 17. The van der Waals surface area contributed by atoms with Gasteiger partial charge >= 0.3 is 78.9 Å². The third-order valence-corrected chi connectivity index (χ3v) is 20.3.